The molecule has 0 bridgehead atoms. The van der Waals surface area contributed by atoms with Crippen molar-refractivity contribution in [3.63, 3.8) is 0 Å². The molecule has 5 rings (SSSR count). The molecule has 0 atom stereocenters. The van der Waals surface area contributed by atoms with E-state index in [1.807, 2.05) is 58.8 Å². The zero-order chi connectivity index (χ0) is 28.8. The van der Waals surface area contributed by atoms with Gasteiger partial charge in [-0.25, -0.2) is 14.2 Å². The Morgan fingerprint density at radius 3 is 2.60 bits per heavy atom. The van der Waals surface area contributed by atoms with Gasteiger partial charge in [-0.2, -0.15) is 5.10 Å². The number of thiazole rings is 1. The molecule has 0 unspecified atom stereocenters. The highest BCUT2D eigenvalue weighted by Crippen LogP contribution is 2.33. The molecule has 4 aromatic rings. The third kappa shape index (κ3) is 5.60. The van der Waals surface area contributed by atoms with Crippen molar-refractivity contribution in [3.05, 3.63) is 46.9 Å². The predicted molar refractivity (Wildman–Crippen MR) is 157 cm³/mol. The van der Waals surface area contributed by atoms with E-state index in [4.69, 9.17) is 4.74 Å². The molecule has 2 aromatic carbocycles. The van der Waals surface area contributed by atoms with Gasteiger partial charge in [0.1, 0.15) is 16.6 Å². The monoisotopic (exact) mass is 566 g/mol. The number of ether oxygens (including phenoxy) is 1. The van der Waals surface area contributed by atoms with Gasteiger partial charge in [-0.3, -0.25) is 9.48 Å². The van der Waals surface area contributed by atoms with Gasteiger partial charge in [-0.05, 0) is 71.7 Å². The summed E-state index contributed by atoms with van der Waals surface area (Å²) in [6, 6.07) is 6.86. The zero-order valence-electron chi connectivity index (χ0n) is 23.7. The number of amides is 2. The molecule has 3 heterocycles. The number of aromatic nitrogens is 3. The van der Waals surface area contributed by atoms with E-state index in [2.05, 4.69) is 20.3 Å². The second-order valence-electron chi connectivity index (χ2n) is 11.2. The summed E-state index contributed by atoms with van der Waals surface area (Å²) in [5, 5.41) is 9.07. The van der Waals surface area contributed by atoms with Crippen molar-refractivity contribution in [1.82, 2.24) is 19.7 Å². The number of hydrogen-bond acceptors (Lipinski definition) is 7. The highest BCUT2D eigenvalue weighted by Gasteiger charge is 2.31. The van der Waals surface area contributed by atoms with Gasteiger partial charge in [0.25, 0.3) is 5.91 Å². The van der Waals surface area contributed by atoms with E-state index in [9.17, 15) is 14.0 Å². The lowest BCUT2D eigenvalue weighted by atomic mass is 10.0. The lowest BCUT2D eigenvalue weighted by Gasteiger charge is -2.39. The second kappa shape index (κ2) is 10.7. The molecule has 1 N–H and O–H groups in total. The standard InChI is InChI=1S/C29H35FN6O3S/c1-7-36(28(38)39-29(3,4)5)19-10-12-35(13-11-19)23-9-8-20(25-21(23)16-34(6)33-25)27(37)32-18-14-22(30)26-24(15-18)40-17(2)31-26/h8-9,14-16,19H,7,10-13H2,1-6H3,(H,32,37). The third-order valence-electron chi connectivity index (χ3n) is 7.04. The Morgan fingerprint density at radius 1 is 1.20 bits per heavy atom. The first-order valence-corrected chi connectivity index (χ1v) is 14.3. The minimum absolute atomic E-state index is 0.102. The van der Waals surface area contributed by atoms with Crippen LogP contribution in [0.5, 0.6) is 0 Å². The number of halogens is 1. The number of rotatable bonds is 5. The predicted octanol–water partition coefficient (Wildman–Crippen LogP) is 6.11. The van der Waals surface area contributed by atoms with E-state index in [1.165, 1.54) is 17.4 Å². The van der Waals surface area contributed by atoms with Crippen LogP contribution in [0.3, 0.4) is 0 Å². The van der Waals surface area contributed by atoms with Crippen LogP contribution in [0.25, 0.3) is 21.1 Å². The van der Waals surface area contributed by atoms with Crippen LogP contribution in [0, 0.1) is 12.7 Å². The summed E-state index contributed by atoms with van der Waals surface area (Å²) in [5.74, 6) is -0.822. The molecule has 1 fully saturated rings. The Hall–Kier alpha value is -3.73. The maximum atomic E-state index is 14.6. The average molecular weight is 567 g/mol. The Morgan fingerprint density at radius 2 is 1.93 bits per heavy atom. The number of aryl methyl sites for hydroxylation is 2. The number of nitrogens with one attached hydrogen (secondary N) is 1. The fraction of sp³-hybridized carbons (Fsp3) is 0.448. The highest BCUT2D eigenvalue weighted by atomic mass is 32.1. The average Bonchev–Trinajstić information content (AvgIpc) is 3.45. The summed E-state index contributed by atoms with van der Waals surface area (Å²) in [6.45, 7) is 11.5. The number of hydrogen-bond donors (Lipinski definition) is 1. The normalized spacial score (nSPS) is 14.6. The van der Waals surface area contributed by atoms with Crippen molar-refractivity contribution < 1.29 is 18.7 Å². The number of anilines is 2. The zero-order valence-corrected chi connectivity index (χ0v) is 24.6. The number of carbonyl (C=O) groups is 2. The van der Waals surface area contributed by atoms with Crippen molar-refractivity contribution in [2.75, 3.05) is 29.9 Å². The van der Waals surface area contributed by atoms with E-state index in [1.54, 1.807) is 16.8 Å². The first kappa shape index (κ1) is 27.8. The summed E-state index contributed by atoms with van der Waals surface area (Å²) in [5.41, 5.74) is 2.14. The fourth-order valence-corrected chi connectivity index (χ4v) is 6.19. The van der Waals surface area contributed by atoms with Gasteiger partial charge >= 0.3 is 6.09 Å². The fourth-order valence-electron chi connectivity index (χ4n) is 5.31. The minimum Gasteiger partial charge on any atom is -0.444 e. The van der Waals surface area contributed by atoms with Crippen molar-refractivity contribution in [2.45, 2.75) is 59.1 Å². The Labute approximate surface area is 236 Å². The van der Waals surface area contributed by atoms with Crippen LogP contribution in [0.2, 0.25) is 0 Å². The van der Waals surface area contributed by atoms with Crippen LogP contribution >= 0.6 is 11.3 Å². The summed E-state index contributed by atoms with van der Waals surface area (Å²) in [4.78, 5) is 34.4. The first-order chi connectivity index (χ1) is 18.9. The van der Waals surface area contributed by atoms with E-state index in [0.29, 0.717) is 33.5 Å². The van der Waals surface area contributed by atoms with Gasteiger partial charge in [-0.15, -0.1) is 11.3 Å². The maximum absolute atomic E-state index is 14.6. The molecule has 40 heavy (non-hydrogen) atoms. The lowest BCUT2D eigenvalue weighted by molar-refractivity contribution is 0.0149. The van der Waals surface area contributed by atoms with Crippen molar-refractivity contribution in [1.29, 1.82) is 0 Å². The minimum atomic E-state index is -0.535. The molecule has 0 radical (unpaired) electrons. The summed E-state index contributed by atoms with van der Waals surface area (Å²) >= 11 is 1.38. The molecule has 0 aliphatic carbocycles. The number of benzene rings is 2. The van der Waals surface area contributed by atoms with Crippen LogP contribution in [-0.4, -0.2) is 62.9 Å². The Kier molecular flexibility index (Phi) is 7.43. The van der Waals surface area contributed by atoms with Crippen molar-refractivity contribution in [3.8, 4) is 0 Å². The number of carbonyl (C=O) groups excluding carboxylic acids is 2. The van der Waals surface area contributed by atoms with Crippen molar-refractivity contribution >= 4 is 55.8 Å². The molecular weight excluding hydrogens is 531 g/mol. The quantitative estimate of drug-likeness (QED) is 0.313. The topological polar surface area (TPSA) is 92.6 Å². The molecular formula is C29H35FN6O3S. The molecule has 1 aliphatic rings. The van der Waals surface area contributed by atoms with E-state index in [-0.39, 0.29) is 18.0 Å². The molecule has 212 valence electrons. The first-order valence-electron chi connectivity index (χ1n) is 13.5. The molecule has 1 aliphatic heterocycles. The van der Waals surface area contributed by atoms with E-state index < -0.39 is 11.4 Å². The SMILES string of the molecule is CCN(C(=O)OC(C)(C)C)C1CCN(c2ccc(C(=O)Nc3cc(F)c4nc(C)sc4c3)c3nn(C)cc23)CC1. The molecule has 2 aromatic heterocycles. The van der Waals surface area contributed by atoms with Gasteiger partial charge < -0.3 is 19.9 Å². The molecule has 0 saturated carbocycles. The third-order valence-corrected chi connectivity index (χ3v) is 7.96. The van der Waals surface area contributed by atoms with Crippen LogP contribution in [0.1, 0.15) is 55.9 Å². The lowest BCUT2D eigenvalue weighted by Crippen LogP contribution is -2.48. The Bertz CT molecular complexity index is 1580. The smallest absolute Gasteiger partial charge is 0.410 e. The largest absolute Gasteiger partial charge is 0.444 e. The second-order valence-corrected chi connectivity index (χ2v) is 12.4. The summed E-state index contributed by atoms with van der Waals surface area (Å²) in [7, 11) is 1.83. The summed E-state index contributed by atoms with van der Waals surface area (Å²) in [6.07, 6.45) is 3.26. The van der Waals surface area contributed by atoms with Gasteiger partial charge in [0, 0.05) is 55.7 Å². The van der Waals surface area contributed by atoms with Crippen molar-refractivity contribution in [2.24, 2.45) is 7.05 Å². The molecule has 0 spiro atoms. The maximum Gasteiger partial charge on any atom is 0.410 e. The number of fused-ring (bicyclic) bond motifs is 2. The van der Waals surface area contributed by atoms with Crippen LogP contribution in [0.4, 0.5) is 20.6 Å². The molecule has 1 saturated heterocycles. The van der Waals surface area contributed by atoms with Gasteiger partial charge in [0.15, 0.2) is 5.82 Å². The highest BCUT2D eigenvalue weighted by molar-refractivity contribution is 7.18. The van der Waals surface area contributed by atoms with Crippen LogP contribution in [-0.2, 0) is 11.8 Å². The molecule has 2 amide bonds. The van der Waals surface area contributed by atoms with Gasteiger partial charge in [-0.1, -0.05) is 0 Å². The van der Waals surface area contributed by atoms with Crippen LogP contribution in [0.15, 0.2) is 30.5 Å². The van der Waals surface area contributed by atoms with E-state index in [0.717, 1.165) is 42.0 Å². The van der Waals surface area contributed by atoms with Gasteiger partial charge in [0.05, 0.1) is 15.3 Å². The summed E-state index contributed by atoms with van der Waals surface area (Å²) < 4.78 is 22.6. The van der Waals surface area contributed by atoms with E-state index >= 15 is 0 Å². The number of piperidine rings is 1. The molecule has 11 heteroatoms. The van der Waals surface area contributed by atoms with Crippen LogP contribution < -0.4 is 10.2 Å². The van der Waals surface area contributed by atoms with Gasteiger partial charge in [0.2, 0.25) is 0 Å². The number of nitrogens with zero attached hydrogens (tertiary/aromatic N) is 5. The Balaban J connectivity index is 1.34. The molecule has 9 nitrogen and oxygen atoms in total.